The van der Waals surface area contributed by atoms with E-state index in [1.807, 2.05) is 6.07 Å². The van der Waals surface area contributed by atoms with Gasteiger partial charge in [0, 0.05) is 10.6 Å². The summed E-state index contributed by atoms with van der Waals surface area (Å²) in [6.07, 6.45) is 0. The highest BCUT2D eigenvalue weighted by atomic mass is 35.5. The number of thioether (sulfide) groups is 1. The Morgan fingerprint density at radius 2 is 1.86 bits per heavy atom. The molecule has 36 heavy (non-hydrogen) atoms. The molecule has 0 aliphatic carbocycles. The number of anilines is 1. The summed E-state index contributed by atoms with van der Waals surface area (Å²) in [6, 6.07) is 21.1. The van der Waals surface area contributed by atoms with Gasteiger partial charge in [-0.1, -0.05) is 52.9 Å². The Bertz CT molecular complexity index is 1600. The van der Waals surface area contributed by atoms with Gasteiger partial charge in [0.1, 0.15) is 10.8 Å². The van der Waals surface area contributed by atoms with Gasteiger partial charge in [0.05, 0.1) is 29.5 Å². The highest BCUT2D eigenvalue weighted by Crippen LogP contribution is 2.28. The minimum Gasteiger partial charge on any atom is -0.497 e. The van der Waals surface area contributed by atoms with Crippen molar-refractivity contribution in [2.24, 2.45) is 0 Å². The average Bonchev–Trinajstić information content (AvgIpc) is 3.35. The van der Waals surface area contributed by atoms with Gasteiger partial charge < -0.3 is 4.74 Å². The maximum Gasteiger partial charge on any atom is 0.266 e. The molecule has 3 aromatic carbocycles. The minimum absolute atomic E-state index is 0.233. The van der Waals surface area contributed by atoms with Crippen molar-refractivity contribution in [1.82, 2.24) is 19.7 Å². The summed E-state index contributed by atoms with van der Waals surface area (Å²) < 4.78 is 6.79. The summed E-state index contributed by atoms with van der Waals surface area (Å²) in [7, 11) is 1.58. The van der Waals surface area contributed by atoms with Crippen LogP contribution < -0.4 is 15.6 Å². The first-order valence-electron chi connectivity index (χ1n) is 10.7. The molecule has 0 atom stereocenters. The Labute approximate surface area is 218 Å². The van der Waals surface area contributed by atoms with E-state index in [-0.39, 0.29) is 11.5 Å². The molecule has 11 heteroatoms. The van der Waals surface area contributed by atoms with Gasteiger partial charge in [-0.05, 0) is 54.6 Å². The van der Waals surface area contributed by atoms with Crippen molar-refractivity contribution in [2.45, 2.75) is 10.9 Å². The number of carbonyl (C=O) groups excluding carboxylic acids is 1. The molecule has 180 valence electrons. The number of nitrogens with zero attached hydrogens (tertiary/aromatic N) is 4. The number of ether oxygens (including phenoxy) is 1. The first kappa shape index (κ1) is 24.0. The van der Waals surface area contributed by atoms with Gasteiger partial charge in [-0.2, -0.15) is 0 Å². The first-order valence-corrected chi connectivity index (χ1v) is 12.9. The van der Waals surface area contributed by atoms with E-state index in [9.17, 15) is 9.59 Å². The van der Waals surface area contributed by atoms with Crippen molar-refractivity contribution in [3.8, 4) is 11.4 Å². The van der Waals surface area contributed by atoms with Gasteiger partial charge >= 0.3 is 0 Å². The molecule has 2 aromatic heterocycles. The van der Waals surface area contributed by atoms with Crippen LogP contribution in [0.4, 0.5) is 5.13 Å². The molecule has 0 fully saturated rings. The number of rotatable bonds is 7. The second kappa shape index (κ2) is 10.5. The van der Waals surface area contributed by atoms with E-state index >= 15 is 0 Å². The molecule has 0 saturated heterocycles. The zero-order valence-electron chi connectivity index (χ0n) is 18.8. The SMILES string of the molecule is COc1ccc(-n2c(SCc3nnc(NC(=O)c4ccccc4)s3)nc3ccc(Cl)cc3c2=O)cc1. The van der Waals surface area contributed by atoms with Gasteiger partial charge in [-0.15, -0.1) is 10.2 Å². The quantitative estimate of drug-likeness (QED) is 0.219. The molecule has 0 saturated carbocycles. The zero-order valence-corrected chi connectivity index (χ0v) is 21.2. The Balaban J connectivity index is 1.43. The summed E-state index contributed by atoms with van der Waals surface area (Å²) in [5.41, 5.74) is 1.49. The molecule has 2 heterocycles. The molecule has 0 unspecified atom stereocenters. The monoisotopic (exact) mass is 535 g/mol. The lowest BCUT2D eigenvalue weighted by atomic mass is 10.2. The van der Waals surface area contributed by atoms with Crippen LogP contribution >= 0.6 is 34.7 Å². The standard InChI is InChI=1S/C25H18ClN5O3S2/c1-34-18-10-8-17(9-11-18)31-23(33)19-13-16(26)7-12-20(19)27-25(31)35-14-21-29-30-24(36-21)28-22(32)15-5-3-2-4-6-15/h2-13H,14H2,1H3,(H,28,30,32). The number of carbonyl (C=O) groups is 1. The van der Waals surface area contributed by atoms with E-state index in [4.69, 9.17) is 21.3 Å². The summed E-state index contributed by atoms with van der Waals surface area (Å²) in [4.78, 5) is 30.6. The average molecular weight is 536 g/mol. The molecule has 5 rings (SSSR count). The number of hydrogen-bond acceptors (Lipinski definition) is 8. The predicted molar refractivity (Wildman–Crippen MR) is 143 cm³/mol. The Hall–Kier alpha value is -3.73. The molecule has 0 radical (unpaired) electrons. The number of nitrogens with one attached hydrogen (secondary N) is 1. The number of halogens is 1. The molecule has 0 aliphatic rings. The van der Waals surface area contributed by atoms with Crippen molar-refractivity contribution >= 4 is 56.6 Å². The number of methoxy groups -OCH3 is 1. The maximum absolute atomic E-state index is 13.5. The molecule has 1 amide bonds. The van der Waals surface area contributed by atoms with Crippen LogP contribution in [0.1, 0.15) is 15.4 Å². The third kappa shape index (κ3) is 5.11. The van der Waals surface area contributed by atoms with E-state index in [0.717, 1.165) is 0 Å². The Kier molecular flexibility index (Phi) is 6.99. The normalized spacial score (nSPS) is 10.9. The van der Waals surface area contributed by atoms with Crippen molar-refractivity contribution in [1.29, 1.82) is 0 Å². The lowest BCUT2D eigenvalue weighted by molar-refractivity contribution is 0.102. The fraction of sp³-hybridized carbons (Fsp3) is 0.0800. The van der Waals surface area contributed by atoms with E-state index in [1.165, 1.54) is 23.1 Å². The van der Waals surface area contributed by atoms with Crippen LogP contribution in [0, 0.1) is 0 Å². The van der Waals surface area contributed by atoms with E-state index < -0.39 is 0 Å². The summed E-state index contributed by atoms with van der Waals surface area (Å²) >= 11 is 8.76. The van der Waals surface area contributed by atoms with Gasteiger partial charge in [0.15, 0.2) is 5.16 Å². The highest BCUT2D eigenvalue weighted by molar-refractivity contribution is 7.98. The van der Waals surface area contributed by atoms with Crippen LogP contribution in [-0.4, -0.2) is 32.8 Å². The molecular formula is C25H18ClN5O3S2. The van der Waals surface area contributed by atoms with Crippen LogP contribution in [0.2, 0.25) is 5.02 Å². The lowest BCUT2D eigenvalue weighted by Gasteiger charge is -2.13. The number of hydrogen-bond donors (Lipinski definition) is 1. The summed E-state index contributed by atoms with van der Waals surface area (Å²) in [5.74, 6) is 0.825. The van der Waals surface area contributed by atoms with Gasteiger partial charge in [-0.3, -0.25) is 19.5 Å². The van der Waals surface area contributed by atoms with E-state index in [0.29, 0.717) is 54.0 Å². The molecule has 8 nitrogen and oxygen atoms in total. The molecule has 0 spiro atoms. The lowest BCUT2D eigenvalue weighted by Crippen LogP contribution is -2.21. The highest BCUT2D eigenvalue weighted by Gasteiger charge is 2.16. The minimum atomic E-state index is -0.255. The van der Waals surface area contributed by atoms with Crippen LogP contribution in [0.15, 0.2) is 82.7 Å². The maximum atomic E-state index is 13.5. The number of amides is 1. The Morgan fingerprint density at radius 3 is 2.61 bits per heavy atom. The largest absolute Gasteiger partial charge is 0.497 e. The van der Waals surface area contributed by atoms with Crippen LogP contribution in [0.25, 0.3) is 16.6 Å². The molecule has 1 N–H and O–H groups in total. The van der Waals surface area contributed by atoms with Gasteiger partial charge in [0.2, 0.25) is 5.13 Å². The topological polar surface area (TPSA) is 99.0 Å². The van der Waals surface area contributed by atoms with E-state index in [1.54, 1.807) is 78.4 Å². The first-order chi connectivity index (χ1) is 17.5. The second-order valence-electron chi connectivity index (χ2n) is 7.50. The molecule has 5 aromatic rings. The fourth-order valence-corrected chi connectivity index (χ4v) is 5.35. The second-order valence-corrected chi connectivity index (χ2v) is 9.95. The van der Waals surface area contributed by atoms with Crippen LogP contribution in [0.3, 0.4) is 0 Å². The Morgan fingerprint density at radius 1 is 1.08 bits per heavy atom. The molecule has 0 bridgehead atoms. The van der Waals surface area contributed by atoms with Crippen molar-refractivity contribution in [3.05, 3.63) is 98.7 Å². The summed E-state index contributed by atoms with van der Waals surface area (Å²) in [5, 5.41) is 13.5. The van der Waals surface area contributed by atoms with Crippen molar-refractivity contribution in [2.75, 3.05) is 12.4 Å². The van der Waals surface area contributed by atoms with E-state index in [2.05, 4.69) is 15.5 Å². The zero-order chi connectivity index (χ0) is 25.1. The van der Waals surface area contributed by atoms with Gasteiger partial charge in [-0.25, -0.2) is 4.98 Å². The van der Waals surface area contributed by atoms with Gasteiger partial charge in [0.25, 0.3) is 11.5 Å². The fourth-order valence-electron chi connectivity index (χ4n) is 3.44. The van der Waals surface area contributed by atoms with Crippen LogP contribution in [0.5, 0.6) is 5.75 Å². The molecular weight excluding hydrogens is 518 g/mol. The number of aromatic nitrogens is 4. The van der Waals surface area contributed by atoms with Crippen molar-refractivity contribution < 1.29 is 9.53 Å². The third-order valence-electron chi connectivity index (χ3n) is 5.18. The number of fused-ring (bicyclic) bond motifs is 1. The predicted octanol–water partition coefficient (Wildman–Crippen LogP) is 5.44. The van der Waals surface area contributed by atoms with Crippen molar-refractivity contribution in [3.63, 3.8) is 0 Å². The number of benzene rings is 3. The van der Waals surface area contributed by atoms with Crippen LogP contribution in [-0.2, 0) is 5.75 Å². The third-order valence-corrected chi connectivity index (χ3v) is 7.38. The summed E-state index contributed by atoms with van der Waals surface area (Å²) in [6.45, 7) is 0. The molecule has 0 aliphatic heterocycles. The smallest absolute Gasteiger partial charge is 0.266 e.